The van der Waals surface area contributed by atoms with Crippen LogP contribution in [0.4, 0.5) is 10.1 Å². The Morgan fingerprint density at radius 2 is 1.76 bits per heavy atom. The molecule has 2 rings (SSSR count). The Balaban J connectivity index is 2.29. The highest BCUT2D eigenvalue weighted by molar-refractivity contribution is 7.92. The molecule has 0 amide bonds. The van der Waals surface area contributed by atoms with Crippen LogP contribution in [0.2, 0.25) is 0 Å². The maximum atomic E-state index is 13.7. The lowest BCUT2D eigenvalue weighted by molar-refractivity contribution is 0.199. The van der Waals surface area contributed by atoms with E-state index < -0.39 is 21.9 Å². The standard InChI is InChI=1S/C15H16FNO3S/c1-10-3-8-15(14(16)9-10)17-21(19,20)13-6-4-12(5-7-13)11(2)18/h3-9,11,17-18H,1-2H3. The molecule has 4 nitrogen and oxygen atoms in total. The van der Waals surface area contributed by atoms with Crippen molar-refractivity contribution in [3.05, 3.63) is 59.4 Å². The lowest BCUT2D eigenvalue weighted by atomic mass is 10.1. The highest BCUT2D eigenvalue weighted by atomic mass is 32.2. The molecule has 2 aromatic rings. The van der Waals surface area contributed by atoms with E-state index >= 15 is 0 Å². The minimum Gasteiger partial charge on any atom is -0.389 e. The van der Waals surface area contributed by atoms with Crippen molar-refractivity contribution < 1.29 is 17.9 Å². The zero-order chi connectivity index (χ0) is 15.6. The third-order valence-electron chi connectivity index (χ3n) is 3.04. The molecule has 21 heavy (non-hydrogen) atoms. The smallest absolute Gasteiger partial charge is 0.261 e. The van der Waals surface area contributed by atoms with Crippen LogP contribution in [-0.4, -0.2) is 13.5 Å². The van der Waals surface area contributed by atoms with Gasteiger partial charge in [-0.05, 0) is 49.2 Å². The quantitative estimate of drug-likeness (QED) is 0.912. The van der Waals surface area contributed by atoms with Crippen LogP contribution in [0, 0.1) is 12.7 Å². The number of hydrogen-bond acceptors (Lipinski definition) is 3. The van der Waals surface area contributed by atoms with E-state index in [1.165, 1.54) is 36.4 Å². The highest BCUT2D eigenvalue weighted by Gasteiger charge is 2.16. The minimum absolute atomic E-state index is 0.00637. The zero-order valence-electron chi connectivity index (χ0n) is 11.7. The summed E-state index contributed by atoms with van der Waals surface area (Å²) in [6.45, 7) is 3.31. The van der Waals surface area contributed by atoms with Crippen LogP contribution < -0.4 is 4.72 Å². The van der Waals surface area contributed by atoms with Gasteiger partial charge in [0, 0.05) is 0 Å². The topological polar surface area (TPSA) is 66.4 Å². The second-order valence-electron chi connectivity index (χ2n) is 4.83. The van der Waals surface area contributed by atoms with Crippen LogP contribution in [0.1, 0.15) is 24.2 Å². The van der Waals surface area contributed by atoms with Crippen LogP contribution in [-0.2, 0) is 10.0 Å². The molecule has 0 heterocycles. The number of sulfonamides is 1. The van der Waals surface area contributed by atoms with E-state index in [0.29, 0.717) is 11.1 Å². The number of halogens is 1. The van der Waals surface area contributed by atoms with Gasteiger partial charge >= 0.3 is 0 Å². The summed E-state index contributed by atoms with van der Waals surface area (Å²) in [5, 5.41) is 9.40. The summed E-state index contributed by atoms with van der Waals surface area (Å²) in [4.78, 5) is 0.00637. The maximum Gasteiger partial charge on any atom is 0.261 e. The van der Waals surface area contributed by atoms with E-state index in [1.54, 1.807) is 19.9 Å². The maximum absolute atomic E-state index is 13.7. The first-order valence-corrected chi connectivity index (χ1v) is 7.85. The third-order valence-corrected chi connectivity index (χ3v) is 4.42. The average Bonchev–Trinajstić information content (AvgIpc) is 2.42. The second-order valence-corrected chi connectivity index (χ2v) is 6.52. The van der Waals surface area contributed by atoms with Gasteiger partial charge in [-0.2, -0.15) is 0 Å². The minimum atomic E-state index is -3.86. The monoisotopic (exact) mass is 309 g/mol. The second kappa shape index (κ2) is 5.83. The van der Waals surface area contributed by atoms with E-state index in [0.717, 1.165) is 0 Å². The van der Waals surface area contributed by atoms with Crippen LogP contribution in [0.15, 0.2) is 47.4 Å². The van der Waals surface area contributed by atoms with Gasteiger partial charge in [0.15, 0.2) is 0 Å². The summed E-state index contributed by atoms with van der Waals surface area (Å²) in [5.41, 5.74) is 1.22. The fraction of sp³-hybridized carbons (Fsp3) is 0.200. The van der Waals surface area contributed by atoms with Crippen LogP contribution in [0.25, 0.3) is 0 Å². The number of hydrogen-bond donors (Lipinski definition) is 2. The Bertz CT molecular complexity index is 740. The molecule has 112 valence electrons. The molecule has 0 aliphatic carbocycles. The van der Waals surface area contributed by atoms with Crippen molar-refractivity contribution in [1.82, 2.24) is 0 Å². The molecule has 0 fully saturated rings. The number of benzene rings is 2. The predicted molar refractivity (Wildman–Crippen MR) is 79.0 cm³/mol. The summed E-state index contributed by atoms with van der Waals surface area (Å²) >= 11 is 0. The van der Waals surface area contributed by atoms with Gasteiger partial charge in [-0.25, -0.2) is 12.8 Å². The number of anilines is 1. The van der Waals surface area contributed by atoms with Gasteiger partial charge in [0.05, 0.1) is 16.7 Å². The molecule has 2 N–H and O–H groups in total. The molecule has 0 aliphatic rings. The van der Waals surface area contributed by atoms with Gasteiger partial charge in [-0.15, -0.1) is 0 Å². The van der Waals surface area contributed by atoms with Crippen molar-refractivity contribution in [2.24, 2.45) is 0 Å². The van der Waals surface area contributed by atoms with Gasteiger partial charge in [0.2, 0.25) is 0 Å². The molecule has 0 aromatic heterocycles. The summed E-state index contributed by atoms with van der Waals surface area (Å²) in [7, 11) is -3.86. The predicted octanol–water partition coefficient (Wildman–Crippen LogP) is 2.99. The molecule has 1 unspecified atom stereocenters. The normalized spacial score (nSPS) is 13.0. The SMILES string of the molecule is Cc1ccc(NS(=O)(=O)c2ccc(C(C)O)cc2)c(F)c1. The van der Waals surface area contributed by atoms with Crippen molar-refractivity contribution in [2.75, 3.05) is 4.72 Å². The molecule has 0 spiro atoms. The van der Waals surface area contributed by atoms with Crippen molar-refractivity contribution in [3.8, 4) is 0 Å². The summed E-state index contributed by atoms with van der Waals surface area (Å²) < 4.78 is 40.3. The first-order chi connectivity index (χ1) is 9.79. The van der Waals surface area contributed by atoms with E-state index in [1.807, 2.05) is 0 Å². The van der Waals surface area contributed by atoms with Gasteiger partial charge < -0.3 is 5.11 Å². The van der Waals surface area contributed by atoms with E-state index in [9.17, 15) is 17.9 Å². The van der Waals surface area contributed by atoms with Crippen molar-refractivity contribution >= 4 is 15.7 Å². The molecular weight excluding hydrogens is 293 g/mol. The van der Waals surface area contributed by atoms with Crippen LogP contribution in [0.3, 0.4) is 0 Å². The number of aliphatic hydroxyl groups is 1. The lowest BCUT2D eigenvalue weighted by Crippen LogP contribution is -2.14. The van der Waals surface area contributed by atoms with Gasteiger partial charge in [0.25, 0.3) is 10.0 Å². The molecule has 2 aromatic carbocycles. The molecule has 0 radical (unpaired) electrons. The molecule has 1 atom stereocenters. The molecule has 0 aliphatic heterocycles. The summed E-state index contributed by atoms with van der Waals surface area (Å²) in [6, 6.07) is 10.0. The first-order valence-electron chi connectivity index (χ1n) is 6.36. The summed E-state index contributed by atoms with van der Waals surface area (Å²) in [5.74, 6) is -0.626. The Morgan fingerprint density at radius 1 is 1.14 bits per heavy atom. The number of aliphatic hydroxyl groups excluding tert-OH is 1. The molecular formula is C15H16FNO3S. The molecule has 6 heteroatoms. The molecule has 0 saturated heterocycles. The van der Waals surface area contributed by atoms with E-state index in [-0.39, 0.29) is 10.6 Å². The number of rotatable bonds is 4. The van der Waals surface area contributed by atoms with Gasteiger partial charge in [0.1, 0.15) is 5.82 Å². The van der Waals surface area contributed by atoms with Gasteiger partial charge in [-0.1, -0.05) is 18.2 Å². The molecule has 0 bridgehead atoms. The largest absolute Gasteiger partial charge is 0.389 e. The van der Waals surface area contributed by atoms with Crippen LogP contribution in [0.5, 0.6) is 0 Å². The van der Waals surface area contributed by atoms with Crippen molar-refractivity contribution in [2.45, 2.75) is 24.8 Å². The lowest BCUT2D eigenvalue weighted by Gasteiger charge is -2.10. The fourth-order valence-electron chi connectivity index (χ4n) is 1.83. The van der Waals surface area contributed by atoms with Gasteiger partial charge in [-0.3, -0.25) is 4.72 Å². The highest BCUT2D eigenvalue weighted by Crippen LogP contribution is 2.21. The van der Waals surface area contributed by atoms with Crippen molar-refractivity contribution in [3.63, 3.8) is 0 Å². The van der Waals surface area contributed by atoms with E-state index in [2.05, 4.69) is 4.72 Å². The van der Waals surface area contributed by atoms with Crippen molar-refractivity contribution in [1.29, 1.82) is 0 Å². The molecule has 0 saturated carbocycles. The first kappa shape index (κ1) is 15.5. The average molecular weight is 309 g/mol. The fourth-order valence-corrected chi connectivity index (χ4v) is 2.90. The van der Waals surface area contributed by atoms with E-state index in [4.69, 9.17) is 0 Å². The Labute approximate surface area is 123 Å². The van der Waals surface area contributed by atoms with Crippen LogP contribution >= 0.6 is 0 Å². The Hall–Kier alpha value is -1.92. The Kier molecular flexibility index (Phi) is 4.29. The Morgan fingerprint density at radius 3 is 2.29 bits per heavy atom. The zero-order valence-corrected chi connectivity index (χ0v) is 12.5. The summed E-state index contributed by atoms with van der Waals surface area (Å²) in [6.07, 6.45) is -0.677. The third kappa shape index (κ3) is 3.59. The number of nitrogens with one attached hydrogen (secondary N) is 1. The number of aryl methyl sites for hydroxylation is 1.